The molecule has 2 aromatic carbocycles. The van der Waals surface area contributed by atoms with Crippen molar-refractivity contribution >= 4 is 23.2 Å². The highest BCUT2D eigenvalue weighted by molar-refractivity contribution is 6.11. The van der Waals surface area contributed by atoms with Gasteiger partial charge < -0.3 is 19.7 Å². The standard InChI is InChI=1S/C26H20F9N3O4/c1-13-11-15(24(29,25(30,31)32)26(33,34)35)12-18(42-23(27)28)19(13)37-21(39)16-5-4-6-17(20(16)41-3)38(2)22(40)14-7-9-36-10-8-14/h4-12,23H,1-3H3,(H,37,39). The van der Waals surface area contributed by atoms with Crippen LogP contribution in [0.25, 0.3) is 0 Å². The summed E-state index contributed by atoms with van der Waals surface area (Å²) in [7, 11) is 2.49. The number of hydrogen-bond donors (Lipinski definition) is 1. The Bertz CT molecular complexity index is 1450. The van der Waals surface area contributed by atoms with E-state index in [0.29, 0.717) is 0 Å². The van der Waals surface area contributed by atoms with E-state index >= 15 is 0 Å². The molecule has 1 aromatic heterocycles. The predicted molar refractivity (Wildman–Crippen MR) is 131 cm³/mol. The number of anilines is 2. The topological polar surface area (TPSA) is 80.8 Å². The van der Waals surface area contributed by atoms with Crippen molar-refractivity contribution in [1.29, 1.82) is 0 Å². The van der Waals surface area contributed by atoms with Gasteiger partial charge in [0, 0.05) is 30.6 Å². The molecule has 0 bridgehead atoms. The molecular formula is C26H20F9N3O4. The highest BCUT2D eigenvalue weighted by atomic mass is 19.4. The second-order valence-electron chi connectivity index (χ2n) is 8.61. The number of carbonyl (C=O) groups excluding carboxylic acids is 2. The van der Waals surface area contributed by atoms with Crippen molar-refractivity contribution in [3.05, 3.63) is 77.1 Å². The maximum Gasteiger partial charge on any atom is 0.435 e. The molecule has 7 nitrogen and oxygen atoms in total. The van der Waals surface area contributed by atoms with Gasteiger partial charge >= 0.3 is 24.6 Å². The minimum absolute atomic E-state index is 0.0562. The molecule has 16 heteroatoms. The van der Waals surface area contributed by atoms with E-state index in [1.807, 2.05) is 0 Å². The Morgan fingerprint density at radius 3 is 2.07 bits per heavy atom. The zero-order chi connectivity index (χ0) is 31.6. The lowest BCUT2D eigenvalue weighted by Crippen LogP contribution is -2.50. The molecule has 0 radical (unpaired) electrons. The van der Waals surface area contributed by atoms with Gasteiger partial charge in [-0.1, -0.05) is 6.07 Å². The smallest absolute Gasteiger partial charge is 0.435 e. The average molecular weight is 609 g/mol. The molecule has 226 valence electrons. The summed E-state index contributed by atoms with van der Waals surface area (Å²) in [5.41, 5.74) is -9.53. The Morgan fingerprint density at radius 2 is 1.55 bits per heavy atom. The number of aromatic nitrogens is 1. The third kappa shape index (κ3) is 6.06. The number of nitrogens with one attached hydrogen (secondary N) is 1. The number of nitrogens with zero attached hydrogens (tertiary/aromatic N) is 2. The van der Waals surface area contributed by atoms with E-state index < -0.39 is 59.0 Å². The van der Waals surface area contributed by atoms with E-state index in [-0.39, 0.29) is 34.7 Å². The summed E-state index contributed by atoms with van der Waals surface area (Å²) >= 11 is 0. The van der Waals surface area contributed by atoms with Crippen molar-refractivity contribution in [1.82, 2.24) is 4.98 Å². The van der Waals surface area contributed by atoms with Crippen LogP contribution in [-0.4, -0.2) is 49.9 Å². The molecule has 0 atom stereocenters. The largest absolute Gasteiger partial charge is 0.494 e. The zero-order valence-electron chi connectivity index (χ0n) is 21.7. The average Bonchev–Trinajstić information content (AvgIpc) is 2.91. The van der Waals surface area contributed by atoms with Crippen molar-refractivity contribution in [3.63, 3.8) is 0 Å². The van der Waals surface area contributed by atoms with Crippen molar-refractivity contribution in [3.8, 4) is 11.5 Å². The normalized spacial score (nSPS) is 12.2. The van der Waals surface area contributed by atoms with Gasteiger partial charge in [-0.3, -0.25) is 14.6 Å². The number of methoxy groups -OCH3 is 1. The summed E-state index contributed by atoms with van der Waals surface area (Å²) in [4.78, 5) is 31.0. The van der Waals surface area contributed by atoms with Crippen molar-refractivity contribution in [2.75, 3.05) is 24.4 Å². The van der Waals surface area contributed by atoms with Crippen LogP contribution in [0.4, 0.5) is 50.9 Å². The summed E-state index contributed by atoms with van der Waals surface area (Å²) in [5.74, 6) is -3.27. The van der Waals surface area contributed by atoms with Gasteiger partial charge in [-0.05, 0) is 48.9 Å². The maximum absolute atomic E-state index is 14.7. The zero-order valence-corrected chi connectivity index (χ0v) is 21.7. The van der Waals surface area contributed by atoms with E-state index in [9.17, 15) is 49.1 Å². The van der Waals surface area contributed by atoms with Crippen LogP contribution in [0.2, 0.25) is 0 Å². The molecule has 0 saturated heterocycles. The predicted octanol–water partition coefficient (Wildman–Crippen LogP) is 6.82. The summed E-state index contributed by atoms with van der Waals surface area (Å²) in [5, 5.41) is 2.08. The number of halogens is 9. The van der Waals surface area contributed by atoms with Gasteiger partial charge in [0.25, 0.3) is 11.8 Å². The highest BCUT2D eigenvalue weighted by Gasteiger charge is 2.73. The number of ether oxygens (including phenoxy) is 2. The van der Waals surface area contributed by atoms with Gasteiger partial charge in [0.15, 0.2) is 5.75 Å². The summed E-state index contributed by atoms with van der Waals surface area (Å²) in [6, 6.07) is 6.62. The van der Waals surface area contributed by atoms with E-state index in [1.165, 1.54) is 49.8 Å². The molecule has 0 unspecified atom stereocenters. The molecule has 0 fully saturated rings. The number of hydrogen-bond acceptors (Lipinski definition) is 5. The molecule has 3 aromatic rings. The number of carbonyl (C=O) groups is 2. The van der Waals surface area contributed by atoms with Crippen LogP contribution in [0, 0.1) is 6.92 Å². The number of pyridine rings is 1. The lowest BCUT2D eigenvalue weighted by atomic mass is 9.92. The van der Waals surface area contributed by atoms with Gasteiger partial charge in [-0.25, -0.2) is 4.39 Å². The molecule has 0 aliphatic rings. The lowest BCUT2D eigenvalue weighted by Gasteiger charge is -2.31. The molecule has 3 rings (SSSR count). The maximum atomic E-state index is 14.7. The third-order valence-electron chi connectivity index (χ3n) is 5.97. The molecule has 42 heavy (non-hydrogen) atoms. The second-order valence-corrected chi connectivity index (χ2v) is 8.61. The van der Waals surface area contributed by atoms with Crippen LogP contribution in [-0.2, 0) is 5.67 Å². The number of amides is 2. The van der Waals surface area contributed by atoms with Gasteiger partial charge in [0.2, 0.25) is 0 Å². The van der Waals surface area contributed by atoms with Gasteiger partial charge in [0.05, 0.1) is 24.0 Å². The monoisotopic (exact) mass is 609 g/mol. The first-order chi connectivity index (χ1) is 19.4. The van der Waals surface area contributed by atoms with Crippen LogP contribution in [0.5, 0.6) is 11.5 Å². The fraction of sp³-hybridized carbons (Fsp3) is 0.269. The van der Waals surface area contributed by atoms with Crippen molar-refractivity contribution in [2.45, 2.75) is 31.6 Å². The first kappa shape index (κ1) is 32.0. The fourth-order valence-electron chi connectivity index (χ4n) is 3.95. The van der Waals surface area contributed by atoms with Crippen LogP contribution in [0.1, 0.15) is 31.8 Å². The van der Waals surface area contributed by atoms with Crippen LogP contribution < -0.4 is 19.7 Å². The summed E-state index contributed by atoms with van der Waals surface area (Å²) < 4.78 is 130. The van der Waals surface area contributed by atoms with Crippen LogP contribution in [0.3, 0.4) is 0 Å². The first-order valence-corrected chi connectivity index (χ1v) is 11.5. The minimum Gasteiger partial charge on any atom is -0.494 e. The number of rotatable bonds is 8. The van der Waals surface area contributed by atoms with Gasteiger partial charge in [-0.15, -0.1) is 0 Å². The molecule has 0 saturated carbocycles. The van der Waals surface area contributed by atoms with Crippen molar-refractivity contribution < 1.29 is 58.6 Å². The molecule has 1 heterocycles. The van der Waals surface area contributed by atoms with Crippen LogP contribution >= 0.6 is 0 Å². The number of para-hydroxylation sites is 1. The van der Waals surface area contributed by atoms with E-state index in [2.05, 4.69) is 15.0 Å². The summed E-state index contributed by atoms with van der Waals surface area (Å²) in [6.07, 6.45) is -10.3. The van der Waals surface area contributed by atoms with Crippen LogP contribution in [0.15, 0.2) is 54.9 Å². The quantitative estimate of drug-likeness (QED) is 0.284. The molecular weight excluding hydrogens is 589 g/mol. The Kier molecular flexibility index (Phi) is 8.98. The Labute approximate surface area is 231 Å². The fourth-order valence-corrected chi connectivity index (χ4v) is 3.95. The lowest BCUT2D eigenvalue weighted by molar-refractivity contribution is -0.348. The van der Waals surface area contributed by atoms with Crippen molar-refractivity contribution in [2.24, 2.45) is 0 Å². The Morgan fingerprint density at radius 1 is 0.952 bits per heavy atom. The number of benzene rings is 2. The summed E-state index contributed by atoms with van der Waals surface area (Å²) in [6.45, 7) is -2.94. The molecule has 0 aliphatic heterocycles. The minimum atomic E-state index is -6.53. The van der Waals surface area contributed by atoms with E-state index in [0.717, 1.165) is 18.9 Å². The molecule has 0 aliphatic carbocycles. The molecule has 2 amide bonds. The van der Waals surface area contributed by atoms with Gasteiger partial charge in [0.1, 0.15) is 5.75 Å². The molecule has 0 spiro atoms. The Balaban J connectivity index is 2.09. The number of alkyl halides is 9. The number of aryl methyl sites for hydroxylation is 1. The first-order valence-electron chi connectivity index (χ1n) is 11.5. The third-order valence-corrected chi connectivity index (χ3v) is 5.97. The van der Waals surface area contributed by atoms with E-state index in [1.54, 1.807) is 0 Å². The van der Waals surface area contributed by atoms with E-state index in [4.69, 9.17) is 4.74 Å². The van der Waals surface area contributed by atoms with Gasteiger partial charge in [-0.2, -0.15) is 35.1 Å². The second kappa shape index (κ2) is 11.8. The molecule has 1 N–H and O–H groups in total. The Hall–Kier alpha value is -4.50. The highest BCUT2D eigenvalue weighted by Crippen LogP contribution is 2.54. The SMILES string of the molecule is COc1c(C(=O)Nc2c(C)cc(C(F)(C(F)(F)F)C(F)(F)F)cc2OC(F)F)cccc1N(C)C(=O)c1ccncc1.